The summed E-state index contributed by atoms with van der Waals surface area (Å²) >= 11 is 0. The molecule has 10 rings (SSSR count). The molecule has 1 aromatic carbocycles. The van der Waals surface area contributed by atoms with Gasteiger partial charge in [-0.05, 0) is 101 Å². The zero-order valence-electron chi connectivity index (χ0n) is 34.9. The molecule has 60 heavy (non-hydrogen) atoms. The van der Waals surface area contributed by atoms with Crippen molar-refractivity contribution in [1.82, 2.24) is 35.4 Å². The number of benzene rings is 1. The number of rotatable bonds is 10. The minimum Gasteiger partial charge on any atom is -0.488 e. The number of amides is 3. The first-order valence-electron chi connectivity index (χ1n) is 22.2. The second kappa shape index (κ2) is 15.5. The molecule has 2 aromatic rings. The highest BCUT2D eigenvalue weighted by Gasteiger charge is 2.47. The van der Waals surface area contributed by atoms with Gasteiger partial charge in [0.25, 0.3) is 5.91 Å². The van der Waals surface area contributed by atoms with E-state index in [-0.39, 0.29) is 48.5 Å². The third kappa shape index (κ3) is 7.56. The van der Waals surface area contributed by atoms with Crippen LogP contribution in [0.15, 0.2) is 53.6 Å². The maximum absolute atomic E-state index is 15.5. The van der Waals surface area contributed by atoms with Crippen LogP contribution in [0.4, 0.5) is 15.9 Å². The number of hydrazone groups is 1. The maximum atomic E-state index is 15.5. The molecular formula is C45H57FN10O4. The van der Waals surface area contributed by atoms with E-state index in [2.05, 4.69) is 67.5 Å². The van der Waals surface area contributed by atoms with Crippen LogP contribution in [-0.4, -0.2) is 125 Å². The van der Waals surface area contributed by atoms with Crippen molar-refractivity contribution in [1.29, 1.82) is 0 Å². The lowest BCUT2D eigenvalue weighted by Crippen LogP contribution is -2.52. The van der Waals surface area contributed by atoms with Gasteiger partial charge >= 0.3 is 0 Å². The second-order valence-corrected chi connectivity index (χ2v) is 18.8. The molecular weight excluding hydrogens is 764 g/mol. The van der Waals surface area contributed by atoms with Crippen LogP contribution < -0.4 is 20.5 Å². The summed E-state index contributed by atoms with van der Waals surface area (Å²) in [7, 11) is 0. The molecule has 5 fully saturated rings. The zero-order chi connectivity index (χ0) is 41.2. The normalized spacial score (nSPS) is 28.6. The van der Waals surface area contributed by atoms with Gasteiger partial charge < -0.3 is 29.2 Å². The standard InChI is InChI=1S/C45H57FN10O4/c1-44(13-14-44)60-31-3-6-36-34(23-31)45(2,51-50-36)38-24-39(48-28-47-38)54-15-9-29(10-16-54)25-52-19-21-53(22-20-52)26-30-11-17-55(18-12-30)41-33-27-56(37-7-8-40(57)49-42(37)58)43(59)32(33)4-5-35(41)46/h3-6,23-24,28-30,34,37,51H,7-22,25-27H2,1-2H3,(H,49,57,58). The fourth-order valence-electron chi connectivity index (χ4n) is 10.6. The van der Waals surface area contributed by atoms with E-state index < -0.39 is 17.5 Å². The third-order valence-electron chi connectivity index (χ3n) is 14.6. The average molecular weight is 821 g/mol. The third-order valence-corrected chi connectivity index (χ3v) is 14.6. The lowest BCUT2D eigenvalue weighted by molar-refractivity contribution is -0.136. The van der Waals surface area contributed by atoms with Crippen LogP contribution in [0.25, 0.3) is 0 Å². The number of piperidine rings is 3. The number of anilines is 2. The van der Waals surface area contributed by atoms with Crippen molar-refractivity contribution < 1.29 is 23.5 Å². The lowest BCUT2D eigenvalue weighted by Gasteiger charge is -2.41. The number of aromatic nitrogens is 2. The molecule has 6 aliphatic heterocycles. The minimum atomic E-state index is -0.714. The first kappa shape index (κ1) is 39.3. The Hall–Kier alpha value is -4.89. The van der Waals surface area contributed by atoms with Gasteiger partial charge in [-0.1, -0.05) is 0 Å². The van der Waals surface area contributed by atoms with E-state index in [0.29, 0.717) is 28.7 Å². The van der Waals surface area contributed by atoms with E-state index in [4.69, 9.17) is 14.7 Å². The average Bonchev–Trinajstić information content (AvgIpc) is 3.75. The van der Waals surface area contributed by atoms with E-state index in [1.54, 1.807) is 12.4 Å². The summed E-state index contributed by atoms with van der Waals surface area (Å²) in [5.41, 5.74) is 6.45. The number of imide groups is 1. The van der Waals surface area contributed by atoms with Crippen LogP contribution in [0.5, 0.6) is 0 Å². The molecule has 3 amide bonds. The Balaban J connectivity index is 0.673. The van der Waals surface area contributed by atoms with Crippen molar-refractivity contribution in [2.75, 3.05) is 75.2 Å². The Bertz CT molecular complexity index is 2130. The van der Waals surface area contributed by atoms with E-state index in [1.807, 2.05) is 6.08 Å². The van der Waals surface area contributed by atoms with Gasteiger partial charge in [-0.15, -0.1) is 0 Å². The number of fused-ring (bicyclic) bond motifs is 2. The molecule has 1 aromatic heterocycles. The number of halogens is 1. The summed E-state index contributed by atoms with van der Waals surface area (Å²) in [6, 6.07) is 4.36. The van der Waals surface area contributed by atoms with Gasteiger partial charge in [0.1, 0.15) is 40.9 Å². The predicted molar refractivity (Wildman–Crippen MR) is 225 cm³/mol. The van der Waals surface area contributed by atoms with Crippen molar-refractivity contribution in [3.05, 3.63) is 71.2 Å². The highest BCUT2D eigenvalue weighted by atomic mass is 19.1. The van der Waals surface area contributed by atoms with E-state index in [0.717, 1.165) is 127 Å². The fourth-order valence-corrected chi connectivity index (χ4v) is 10.6. The highest BCUT2D eigenvalue weighted by Crippen LogP contribution is 2.44. The zero-order valence-corrected chi connectivity index (χ0v) is 34.9. The number of carbonyl (C=O) groups is 3. The molecule has 14 nitrogen and oxygen atoms in total. The van der Waals surface area contributed by atoms with Gasteiger partial charge in [-0.25, -0.2) is 14.4 Å². The first-order valence-corrected chi connectivity index (χ1v) is 22.2. The lowest BCUT2D eigenvalue weighted by atomic mass is 9.79. The SMILES string of the molecule is CC1(OC2=CC3C(=NNC3(C)c3cc(N4CCC(CN5CCN(CC6CCN(c7c(F)ccc8c7CN(C7CCC(=O)NC7=O)C8=O)CC6)CC5)CC4)ncn3)C=C2)CC1. The predicted octanol–water partition coefficient (Wildman–Crippen LogP) is 3.94. The summed E-state index contributed by atoms with van der Waals surface area (Å²) in [6.07, 6.45) is 14.9. The molecule has 0 bridgehead atoms. The first-order chi connectivity index (χ1) is 29.0. The molecule has 0 radical (unpaired) electrons. The maximum Gasteiger partial charge on any atom is 0.255 e. The number of hydrogen-bond donors (Lipinski definition) is 2. The van der Waals surface area contributed by atoms with E-state index in [1.165, 1.54) is 11.0 Å². The quantitative estimate of drug-likeness (QED) is 0.338. The monoisotopic (exact) mass is 820 g/mol. The van der Waals surface area contributed by atoms with Gasteiger partial charge in [0.15, 0.2) is 0 Å². The Morgan fingerprint density at radius 3 is 2.20 bits per heavy atom. The molecule has 8 aliphatic rings. The topological polar surface area (TPSA) is 139 Å². The van der Waals surface area contributed by atoms with E-state index in [9.17, 15) is 14.4 Å². The van der Waals surface area contributed by atoms with E-state index >= 15 is 4.39 Å². The molecule has 15 heteroatoms. The molecule has 2 N–H and O–H groups in total. The largest absolute Gasteiger partial charge is 0.488 e. The van der Waals surface area contributed by atoms with Gasteiger partial charge in [0.2, 0.25) is 11.8 Å². The minimum absolute atomic E-state index is 0.0329. The summed E-state index contributed by atoms with van der Waals surface area (Å²) in [5.74, 6) is 1.77. The number of allylic oxidation sites excluding steroid dienone is 2. The van der Waals surface area contributed by atoms with Crippen LogP contribution in [0.3, 0.4) is 0 Å². The number of hydrogen-bond acceptors (Lipinski definition) is 12. The van der Waals surface area contributed by atoms with Crippen molar-refractivity contribution in [2.45, 2.75) is 88.9 Å². The molecule has 4 saturated heterocycles. The molecule has 0 spiro atoms. The van der Waals surface area contributed by atoms with Crippen LogP contribution >= 0.6 is 0 Å². The smallest absolute Gasteiger partial charge is 0.255 e. The second-order valence-electron chi connectivity index (χ2n) is 18.8. The number of carbonyl (C=O) groups excluding carboxylic acids is 3. The van der Waals surface area contributed by atoms with Crippen molar-refractivity contribution >= 4 is 34.9 Å². The Morgan fingerprint density at radius 2 is 1.53 bits per heavy atom. The molecule has 3 atom stereocenters. The van der Waals surface area contributed by atoms with Crippen molar-refractivity contribution in [2.24, 2.45) is 22.9 Å². The summed E-state index contributed by atoms with van der Waals surface area (Å²) in [5, 5.41) is 7.03. The Morgan fingerprint density at radius 1 is 0.850 bits per heavy atom. The highest BCUT2D eigenvalue weighted by molar-refractivity contribution is 6.06. The van der Waals surface area contributed by atoms with Gasteiger partial charge in [0.05, 0.1) is 23.0 Å². The number of ether oxygens (including phenoxy) is 1. The van der Waals surface area contributed by atoms with Crippen molar-refractivity contribution in [3.63, 3.8) is 0 Å². The summed E-state index contributed by atoms with van der Waals surface area (Å²) in [4.78, 5) is 58.4. The number of piperazine rings is 1. The summed E-state index contributed by atoms with van der Waals surface area (Å²) in [6.45, 7) is 14.5. The van der Waals surface area contributed by atoms with Crippen LogP contribution in [0.2, 0.25) is 0 Å². The van der Waals surface area contributed by atoms with Crippen LogP contribution in [0, 0.1) is 23.6 Å². The van der Waals surface area contributed by atoms with Gasteiger partial charge in [-0.3, -0.25) is 25.1 Å². The summed E-state index contributed by atoms with van der Waals surface area (Å²) < 4.78 is 21.8. The molecule has 7 heterocycles. The van der Waals surface area contributed by atoms with Gasteiger partial charge in [0, 0.05) is 95.6 Å². The van der Waals surface area contributed by atoms with Crippen LogP contribution in [-0.2, 0) is 26.4 Å². The van der Waals surface area contributed by atoms with Gasteiger partial charge in [-0.2, -0.15) is 5.10 Å². The number of nitrogens with one attached hydrogen (secondary N) is 2. The molecule has 2 aliphatic carbocycles. The number of nitrogens with zero attached hydrogens (tertiary/aromatic N) is 8. The Kier molecular flexibility index (Phi) is 10.2. The molecule has 3 unspecified atom stereocenters. The molecule has 318 valence electrons. The van der Waals surface area contributed by atoms with Crippen LogP contribution in [0.1, 0.15) is 86.8 Å². The van der Waals surface area contributed by atoms with Crippen molar-refractivity contribution in [3.8, 4) is 0 Å². The fraction of sp³-hybridized carbons (Fsp3) is 0.600. The Labute approximate surface area is 351 Å². The molecule has 1 saturated carbocycles.